The van der Waals surface area contributed by atoms with Crippen molar-refractivity contribution in [1.82, 2.24) is 19.7 Å². The number of carbonyl (C=O) groups excluding carboxylic acids is 1. The van der Waals surface area contributed by atoms with Crippen LogP contribution in [0.15, 0.2) is 18.2 Å². The summed E-state index contributed by atoms with van der Waals surface area (Å²) in [6.07, 6.45) is 0. The number of amides is 1. The van der Waals surface area contributed by atoms with Crippen molar-refractivity contribution < 1.29 is 13.6 Å². The first kappa shape index (κ1) is 19.1. The molecule has 1 amide bonds. The van der Waals surface area contributed by atoms with Gasteiger partial charge in [-0.1, -0.05) is 23.2 Å². The van der Waals surface area contributed by atoms with E-state index in [0.29, 0.717) is 15.7 Å². The lowest BCUT2D eigenvalue weighted by atomic mass is 10.2. The third-order valence-corrected chi connectivity index (χ3v) is 4.71. The summed E-state index contributed by atoms with van der Waals surface area (Å²) in [6.45, 7) is 2.13. The molecule has 6 nitrogen and oxygen atoms in total. The highest BCUT2D eigenvalue weighted by atomic mass is 35.5. The zero-order valence-corrected chi connectivity index (χ0v) is 15.8. The van der Waals surface area contributed by atoms with Crippen LogP contribution in [-0.2, 0) is 23.3 Å². The number of nitrogens with one attached hydrogen (secondary N) is 1. The number of carbonyl (C=O) groups is 1. The van der Waals surface area contributed by atoms with Crippen molar-refractivity contribution in [3.05, 3.63) is 39.9 Å². The van der Waals surface area contributed by atoms with Crippen LogP contribution in [0.25, 0.3) is 0 Å². The van der Waals surface area contributed by atoms with Gasteiger partial charge < -0.3 is 14.8 Å². The first-order chi connectivity index (χ1) is 12.2. The Morgan fingerprint density at radius 3 is 2.69 bits per heavy atom. The highest BCUT2D eigenvalue weighted by molar-refractivity contribution is 6.36. The summed E-state index contributed by atoms with van der Waals surface area (Å²) in [4.78, 5) is 14.2. The number of halogens is 5. The summed E-state index contributed by atoms with van der Waals surface area (Å²) < 4.78 is 27.8. The highest BCUT2D eigenvalue weighted by Crippen LogP contribution is 2.32. The number of hydrogen-bond donors (Lipinski definition) is 1. The predicted octanol–water partition coefficient (Wildman–Crippen LogP) is 3.72. The zero-order valence-electron chi connectivity index (χ0n) is 13.5. The molecule has 2 heterocycles. The molecule has 2 aromatic rings. The first-order valence-corrected chi connectivity index (χ1v) is 8.80. The standard InChI is InChI=1S/C15H14Cl3F2N5O/c1-8(21-11-3-2-9(16)6-10(11)17)13(26)24-4-5-25-12(7-24)22-23-14(25)15(18,19)20/h2-3,6,8,21H,4-5,7H2,1H3. The maximum absolute atomic E-state index is 13.3. The number of hydrogen-bond acceptors (Lipinski definition) is 4. The molecule has 3 rings (SSSR count). The smallest absolute Gasteiger partial charge is 0.373 e. The molecule has 0 radical (unpaired) electrons. The maximum atomic E-state index is 13.3. The van der Waals surface area contributed by atoms with Gasteiger partial charge in [-0.3, -0.25) is 4.79 Å². The lowest BCUT2D eigenvalue weighted by Crippen LogP contribution is -2.45. The molecule has 1 aromatic carbocycles. The van der Waals surface area contributed by atoms with E-state index in [0.717, 1.165) is 0 Å². The number of anilines is 1. The summed E-state index contributed by atoms with van der Waals surface area (Å²) in [7, 11) is 0. The molecule has 0 aliphatic carbocycles. The third kappa shape index (κ3) is 3.87. The van der Waals surface area contributed by atoms with Crippen molar-refractivity contribution in [1.29, 1.82) is 0 Å². The molecular formula is C15H14Cl3F2N5O. The molecule has 11 heteroatoms. The fourth-order valence-electron chi connectivity index (χ4n) is 2.73. The zero-order chi connectivity index (χ0) is 19.1. The summed E-state index contributed by atoms with van der Waals surface area (Å²) in [6, 6.07) is 4.32. The molecule has 0 saturated heterocycles. The van der Waals surface area contributed by atoms with E-state index in [1.165, 1.54) is 9.47 Å². The van der Waals surface area contributed by atoms with Gasteiger partial charge in [0.1, 0.15) is 6.04 Å². The topological polar surface area (TPSA) is 63.1 Å². The molecule has 140 valence electrons. The van der Waals surface area contributed by atoms with E-state index in [9.17, 15) is 13.6 Å². The maximum Gasteiger partial charge on any atom is 0.381 e. The molecule has 1 N–H and O–H groups in total. The van der Waals surface area contributed by atoms with Gasteiger partial charge in [0.15, 0.2) is 5.82 Å². The SMILES string of the molecule is CC(Nc1ccc(Cl)cc1Cl)C(=O)N1CCn2c(nnc2C(F)(F)Cl)C1. The van der Waals surface area contributed by atoms with E-state index >= 15 is 0 Å². The van der Waals surface area contributed by atoms with Crippen LogP contribution in [0, 0.1) is 0 Å². The highest BCUT2D eigenvalue weighted by Gasteiger charge is 2.38. The van der Waals surface area contributed by atoms with Crippen molar-refractivity contribution in [2.24, 2.45) is 0 Å². The van der Waals surface area contributed by atoms with Gasteiger partial charge in [0.25, 0.3) is 0 Å². The molecule has 0 saturated carbocycles. The summed E-state index contributed by atoms with van der Waals surface area (Å²) in [5.41, 5.74) is 0.571. The van der Waals surface area contributed by atoms with Crippen LogP contribution >= 0.6 is 34.8 Å². The quantitative estimate of drug-likeness (QED) is 0.760. The monoisotopic (exact) mass is 423 g/mol. The Labute approximate surface area is 163 Å². The second-order valence-electron chi connectivity index (χ2n) is 5.84. The number of fused-ring (bicyclic) bond motifs is 1. The number of nitrogens with zero attached hydrogens (tertiary/aromatic N) is 4. The average molecular weight is 425 g/mol. The van der Waals surface area contributed by atoms with E-state index in [2.05, 4.69) is 15.5 Å². The Balaban J connectivity index is 1.70. The van der Waals surface area contributed by atoms with Gasteiger partial charge in [0, 0.05) is 18.1 Å². The Hall–Kier alpha value is -1.64. The lowest BCUT2D eigenvalue weighted by Gasteiger charge is -2.30. The van der Waals surface area contributed by atoms with Gasteiger partial charge in [0.2, 0.25) is 11.7 Å². The molecule has 0 spiro atoms. The Kier molecular flexibility index (Phi) is 5.28. The van der Waals surface area contributed by atoms with Gasteiger partial charge in [-0.2, -0.15) is 8.78 Å². The average Bonchev–Trinajstić information content (AvgIpc) is 3.00. The number of alkyl halides is 3. The molecule has 1 atom stereocenters. The Morgan fingerprint density at radius 2 is 2.04 bits per heavy atom. The molecule has 1 aromatic heterocycles. The van der Waals surface area contributed by atoms with Crippen LogP contribution in [0.1, 0.15) is 18.6 Å². The third-order valence-electron chi connectivity index (χ3n) is 3.99. The van der Waals surface area contributed by atoms with Crippen LogP contribution in [0.3, 0.4) is 0 Å². The minimum Gasteiger partial charge on any atom is -0.373 e. The molecule has 0 bridgehead atoms. The van der Waals surface area contributed by atoms with Crippen LogP contribution in [0.2, 0.25) is 10.0 Å². The predicted molar refractivity (Wildman–Crippen MR) is 94.7 cm³/mol. The fraction of sp³-hybridized carbons (Fsp3) is 0.400. The van der Waals surface area contributed by atoms with E-state index in [-0.39, 0.29) is 31.4 Å². The van der Waals surface area contributed by atoms with Crippen molar-refractivity contribution in [3.8, 4) is 0 Å². The van der Waals surface area contributed by atoms with Crippen LogP contribution in [-0.4, -0.2) is 38.2 Å². The van der Waals surface area contributed by atoms with Crippen molar-refractivity contribution in [2.75, 3.05) is 11.9 Å². The van der Waals surface area contributed by atoms with Gasteiger partial charge in [-0.15, -0.1) is 10.2 Å². The van der Waals surface area contributed by atoms with Crippen LogP contribution in [0.5, 0.6) is 0 Å². The fourth-order valence-corrected chi connectivity index (χ4v) is 3.33. The van der Waals surface area contributed by atoms with Gasteiger partial charge in [-0.05, 0) is 36.7 Å². The van der Waals surface area contributed by atoms with E-state index in [1.54, 1.807) is 25.1 Å². The molecule has 0 fully saturated rings. The minimum atomic E-state index is -3.60. The second-order valence-corrected chi connectivity index (χ2v) is 7.16. The largest absolute Gasteiger partial charge is 0.381 e. The van der Waals surface area contributed by atoms with Gasteiger partial charge >= 0.3 is 5.38 Å². The summed E-state index contributed by atoms with van der Waals surface area (Å²) in [5.74, 6) is -0.568. The number of aromatic nitrogens is 3. The van der Waals surface area contributed by atoms with E-state index in [1.807, 2.05) is 0 Å². The van der Waals surface area contributed by atoms with Crippen LogP contribution < -0.4 is 5.32 Å². The first-order valence-electron chi connectivity index (χ1n) is 7.66. The number of benzene rings is 1. The van der Waals surface area contributed by atoms with Crippen molar-refractivity contribution >= 4 is 46.4 Å². The Morgan fingerprint density at radius 1 is 1.31 bits per heavy atom. The molecular weight excluding hydrogens is 411 g/mol. The molecule has 1 aliphatic rings. The Bertz CT molecular complexity index is 839. The molecule has 1 aliphatic heterocycles. The summed E-state index contributed by atoms with van der Waals surface area (Å²) in [5, 5.41) is 7.47. The van der Waals surface area contributed by atoms with Crippen molar-refractivity contribution in [3.63, 3.8) is 0 Å². The summed E-state index contributed by atoms with van der Waals surface area (Å²) >= 11 is 17.0. The van der Waals surface area contributed by atoms with Crippen molar-refractivity contribution in [2.45, 2.75) is 31.4 Å². The van der Waals surface area contributed by atoms with Gasteiger partial charge in [0.05, 0.1) is 17.3 Å². The van der Waals surface area contributed by atoms with Crippen LogP contribution in [0.4, 0.5) is 14.5 Å². The minimum absolute atomic E-state index is 0.0686. The van der Waals surface area contributed by atoms with Gasteiger partial charge in [-0.25, -0.2) is 0 Å². The molecule has 26 heavy (non-hydrogen) atoms. The number of rotatable bonds is 4. The van der Waals surface area contributed by atoms with E-state index < -0.39 is 17.2 Å². The normalized spacial score (nSPS) is 15.5. The lowest BCUT2D eigenvalue weighted by molar-refractivity contribution is -0.133. The van der Waals surface area contributed by atoms with E-state index in [4.69, 9.17) is 34.8 Å². The second kappa shape index (κ2) is 7.17. The molecule has 1 unspecified atom stereocenters.